The van der Waals surface area contributed by atoms with Crippen LogP contribution < -0.4 is 10.6 Å². The summed E-state index contributed by atoms with van der Waals surface area (Å²) in [4.78, 5) is 3.42. The van der Waals surface area contributed by atoms with E-state index in [2.05, 4.69) is 18.4 Å². The Morgan fingerprint density at radius 2 is 2.15 bits per heavy atom. The van der Waals surface area contributed by atoms with Crippen molar-refractivity contribution >= 4 is 34.2 Å². The van der Waals surface area contributed by atoms with E-state index in [0.29, 0.717) is 5.56 Å². The molecule has 0 bridgehead atoms. The Morgan fingerprint density at radius 1 is 1.40 bits per heavy atom. The maximum absolute atomic E-state index is 13.9. The Hall–Kier alpha value is -1.46. The summed E-state index contributed by atoms with van der Waals surface area (Å²) in [6.45, 7) is 2.11. The molecule has 1 atom stereocenters. The lowest BCUT2D eigenvalue weighted by Gasteiger charge is -2.28. The van der Waals surface area contributed by atoms with Crippen molar-refractivity contribution in [3.8, 4) is 0 Å². The maximum atomic E-state index is 13.9. The zero-order valence-electron chi connectivity index (χ0n) is 11.5. The van der Waals surface area contributed by atoms with Crippen molar-refractivity contribution in [1.29, 1.82) is 0 Å². The lowest BCUT2D eigenvalue weighted by molar-refractivity contribution is 0.621. The van der Waals surface area contributed by atoms with Gasteiger partial charge in [-0.3, -0.25) is 0 Å². The van der Waals surface area contributed by atoms with Gasteiger partial charge in [0.25, 0.3) is 0 Å². The van der Waals surface area contributed by atoms with E-state index in [1.165, 1.54) is 10.9 Å². The molecule has 2 rings (SSSR count). The molecule has 2 N–H and O–H groups in total. The lowest BCUT2D eigenvalue weighted by Crippen LogP contribution is -2.32. The third-order valence-electron chi connectivity index (χ3n) is 3.36. The predicted octanol–water partition coefficient (Wildman–Crippen LogP) is 3.59. The normalized spacial score (nSPS) is 12.2. The van der Waals surface area contributed by atoms with E-state index in [1.807, 2.05) is 24.1 Å². The van der Waals surface area contributed by atoms with Crippen molar-refractivity contribution in [2.24, 2.45) is 5.73 Å². The van der Waals surface area contributed by atoms with Crippen LogP contribution in [-0.4, -0.2) is 18.1 Å². The molecule has 106 valence electrons. The molecule has 20 heavy (non-hydrogen) atoms. The van der Waals surface area contributed by atoms with Gasteiger partial charge >= 0.3 is 0 Å². The quantitative estimate of drug-likeness (QED) is 0.856. The molecule has 0 aliphatic carbocycles. The molecule has 0 saturated heterocycles. The SMILES string of the molecule is CC(Cc1cccs1)N(C)c1cccc(F)c1C(N)=S. The van der Waals surface area contributed by atoms with Crippen molar-refractivity contribution in [1.82, 2.24) is 0 Å². The first-order chi connectivity index (χ1) is 9.50. The number of anilines is 1. The Bertz CT molecular complexity index is 596. The molecule has 0 aliphatic heterocycles. The summed E-state index contributed by atoms with van der Waals surface area (Å²) in [5.41, 5.74) is 6.72. The van der Waals surface area contributed by atoms with Crippen LogP contribution in [-0.2, 0) is 6.42 Å². The first kappa shape index (κ1) is 14.9. The molecular weight excluding hydrogens is 291 g/mol. The minimum Gasteiger partial charge on any atom is -0.389 e. The van der Waals surface area contributed by atoms with Gasteiger partial charge in [0.15, 0.2) is 0 Å². The average molecular weight is 308 g/mol. The van der Waals surface area contributed by atoms with Gasteiger partial charge in [0.2, 0.25) is 0 Å². The molecular formula is C15H17FN2S2. The van der Waals surface area contributed by atoms with E-state index < -0.39 is 0 Å². The van der Waals surface area contributed by atoms with Gasteiger partial charge in [-0.15, -0.1) is 11.3 Å². The summed E-state index contributed by atoms with van der Waals surface area (Å²) in [5, 5.41) is 2.06. The monoisotopic (exact) mass is 308 g/mol. The number of nitrogens with two attached hydrogens (primary N) is 1. The van der Waals surface area contributed by atoms with Crippen LogP contribution in [0.25, 0.3) is 0 Å². The standard InChI is InChI=1S/C15H17FN2S2/c1-10(9-11-5-4-8-20-11)18(2)13-7-3-6-12(16)14(13)15(17)19/h3-8,10H,9H2,1-2H3,(H2,17,19). The van der Waals surface area contributed by atoms with Gasteiger partial charge in [-0.25, -0.2) is 4.39 Å². The van der Waals surface area contributed by atoms with Gasteiger partial charge in [0.05, 0.1) is 5.56 Å². The minimum atomic E-state index is -0.370. The summed E-state index contributed by atoms with van der Waals surface area (Å²) in [6, 6.07) is 9.28. The van der Waals surface area contributed by atoms with E-state index in [9.17, 15) is 4.39 Å². The highest BCUT2D eigenvalue weighted by Crippen LogP contribution is 2.25. The zero-order chi connectivity index (χ0) is 14.7. The van der Waals surface area contributed by atoms with Crippen molar-refractivity contribution in [2.75, 3.05) is 11.9 Å². The van der Waals surface area contributed by atoms with Gasteiger partial charge in [-0.05, 0) is 30.5 Å². The number of likely N-dealkylation sites (N-methyl/N-ethyl adjacent to an activating group) is 1. The highest BCUT2D eigenvalue weighted by molar-refractivity contribution is 7.80. The molecule has 2 aromatic rings. The minimum absolute atomic E-state index is 0.0910. The van der Waals surface area contributed by atoms with Gasteiger partial charge in [0.1, 0.15) is 10.8 Å². The summed E-state index contributed by atoms with van der Waals surface area (Å²) in [5.74, 6) is -0.370. The number of halogens is 1. The molecule has 0 fully saturated rings. The topological polar surface area (TPSA) is 29.3 Å². The Labute approximate surface area is 128 Å². The summed E-state index contributed by atoms with van der Waals surface area (Å²) >= 11 is 6.70. The van der Waals surface area contributed by atoms with Crippen LogP contribution in [0, 0.1) is 5.82 Å². The van der Waals surface area contributed by atoms with Crippen molar-refractivity contribution in [3.63, 3.8) is 0 Å². The molecule has 1 aromatic carbocycles. The van der Waals surface area contributed by atoms with Crippen LogP contribution in [0.1, 0.15) is 17.4 Å². The number of nitrogens with zero attached hydrogens (tertiary/aromatic N) is 1. The summed E-state index contributed by atoms with van der Waals surface area (Å²) in [6.07, 6.45) is 0.904. The highest BCUT2D eigenvalue weighted by Gasteiger charge is 2.18. The van der Waals surface area contributed by atoms with Crippen molar-refractivity contribution in [3.05, 3.63) is 52.0 Å². The molecule has 1 unspecified atom stereocenters. The van der Waals surface area contributed by atoms with E-state index in [-0.39, 0.29) is 16.8 Å². The predicted molar refractivity (Wildman–Crippen MR) is 88.2 cm³/mol. The van der Waals surface area contributed by atoms with Gasteiger partial charge < -0.3 is 10.6 Å². The highest BCUT2D eigenvalue weighted by atomic mass is 32.1. The van der Waals surface area contributed by atoms with Gasteiger partial charge in [0, 0.05) is 30.1 Å². The second-order valence-corrected chi connectivity index (χ2v) is 6.21. The zero-order valence-corrected chi connectivity index (χ0v) is 13.1. The molecule has 0 spiro atoms. The second-order valence-electron chi connectivity index (χ2n) is 4.74. The van der Waals surface area contributed by atoms with Crippen LogP contribution in [0.15, 0.2) is 35.7 Å². The number of hydrogen-bond acceptors (Lipinski definition) is 3. The third kappa shape index (κ3) is 3.16. The second kappa shape index (κ2) is 6.33. The van der Waals surface area contributed by atoms with Crippen molar-refractivity contribution in [2.45, 2.75) is 19.4 Å². The Kier molecular flexibility index (Phi) is 4.73. The van der Waals surface area contributed by atoms with E-state index in [0.717, 1.165) is 12.1 Å². The summed E-state index contributed by atoms with van der Waals surface area (Å²) < 4.78 is 13.9. The van der Waals surface area contributed by atoms with Gasteiger partial charge in [-0.1, -0.05) is 24.4 Å². The molecule has 0 aliphatic rings. The van der Waals surface area contributed by atoms with Crippen LogP contribution in [0.2, 0.25) is 0 Å². The fraction of sp³-hybridized carbons (Fsp3) is 0.267. The molecule has 2 nitrogen and oxygen atoms in total. The molecule has 0 saturated carbocycles. The van der Waals surface area contributed by atoms with E-state index in [1.54, 1.807) is 17.4 Å². The van der Waals surface area contributed by atoms with Gasteiger partial charge in [-0.2, -0.15) is 0 Å². The molecule has 1 heterocycles. The summed E-state index contributed by atoms with van der Waals surface area (Å²) in [7, 11) is 1.94. The molecule has 1 aromatic heterocycles. The van der Waals surface area contributed by atoms with Crippen LogP contribution in [0.4, 0.5) is 10.1 Å². The fourth-order valence-electron chi connectivity index (χ4n) is 2.14. The van der Waals surface area contributed by atoms with Crippen LogP contribution >= 0.6 is 23.6 Å². The fourth-order valence-corrected chi connectivity index (χ4v) is 3.17. The van der Waals surface area contributed by atoms with Crippen molar-refractivity contribution < 1.29 is 4.39 Å². The van der Waals surface area contributed by atoms with Crippen LogP contribution in [0.5, 0.6) is 0 Å². The smallest absolute Gasteiger partial charge is 0.135 e. The Morgan fingerprint density at radius 3 is 2.75 bits per heavy atom. The number of hydrogen-bond donors (Lipinski definition) is 1. The number of benzene rings is 1. The molecule has 5 heteroatoms. The number of rotatable bonds is 5. The third-order valence-corrected chi connectivity index (χ3v) is 4.46. The lowest BCUT2D eigenvalue weighted by atomic mass is 10.1. The molecule has 0 amide bonds. The maximum Gasteiger partial charge on any atom is 0.135 e. The van der Waals surface area contributed by atoms with Crippen LogP contribution in [0.3, 0.4) is 0 Å². The average Bonchev–Trinajstić information content (AvgIpc) is 2.89. The van der Waals surface area contributed by atoms with E-state index in [4.69, 9.17) is 18.0 Å². The van der Waals surface area contributed by atoms with E-state index >= 15 is 0 Å². The Balaban J connectivity index is 2.26. The number of thiophene rings is 1. The molecule has 0 radical (unpaired) electrons. The largest absolute Gasteiger partial charge is 0.389 e. The first-order valence-electron chi connectivity index (χ1n) is 6.34. The number of thiocarbonyl (C=S) groups is 1. The first-order valence-corrected chi connectivity index (χ1v) is 7.63.